The van der Waals surface area contributed by atoms with Crippen LogP contribution in [0.2, 0.25) is 0 Å². The fourth-order valence-corrected chi connectivity index (χ4v) is 2.61. The highest BCUT2D eigenvalue weighted by Crippen LogP contribution is 2.31. The van der Waals surface area contributed by atoms with Gasteiger partial charge in [-0.3, -0.25) is 20.4 Å². The minimum atomic E-state index is -0.478. The number of benzene rings is 1. The molecule has 0 unspecified atom stereocenters. The van der Waals surface area contributed by atoms with Gasteiger partial charge in [-0.15, -0.1) is 10.2 Å². The Bertz CT molecular complexity index is 1110. The molecule has 0 spiro atoms. The van der Waals surface area contributed by atoms with Crippen molar-refractivity contribution in [1.82, 2.24) is 20.4 Å². The third-order valence-electron chi connectivity index (χ3n) is 3.91. The monoisotopic (exact) mass is 361 g/mol. The number of fused-ring (bicyclic) bond motifs is 1. The van der Waals surface area contributed by atoms with Gasteiger partial charge in [0.05, 0.1) is 0 Å². The van der Waals surface area contributed by atoms with E-state index >= 15 is 0 Å². The maximum atomic E-state index is 12.1. The molecule has 4 aromatic rings. The van der Waals surface area contributed by atoms with Gasteiger partial charge >= 0.3 is 5.91 Å². The molecule has 0 bridgehead atoms. The first-order valence-electron chi connectivity index (χ1n) is 8.12. The lowest BCUT2D eigenvalue weighted by molar-refractivity contribution is 0.0956. The van der Waals surface area contributed by atoms with Gasteiger partial charge in [-0.05, 0) is 24.3 Å². The summed E-state index contributed by atoms with van der Waals surface area (Å²) < 4.78 is 0. The van der Waals surface area contributed by atoms with Crippen LogP contribution in [0.5, 0.6) is 0 Å². The van der Waals surface area contributed by atoms with Gasteiger partial charge in [0.15, 0.2) is 5.82 Å². The topological polar surface area (TPSA) is 130 Å². The van der Waals surface area contributed by atoms with Crippen LogP contribution in [0, 0.1) is 0 Å². The molecule has 9 heteroatoms. The first-order valence-corrected chi connectivity index (χ1v) is 8.12. The normalized spacial score (nSPS) is 11.1. The minimum absolute atomic E-state index is 0.316. The van der Waals surface area contributed by atoms with Crippen LogP contribution in [0.25, 0.3) is 10.8 Å². The summed E-state index contributed by atoms with van der Waals surface area (Å²) >= 11 is 0. The maximum Gasteiger partial charge on any atom is 0.311 e. The number of nitrogens with one attached hydrogen (secondary N) is 5. The Labute approximate surface area is 152 Å². The van der Waals surface area contributed by atoms with Gasteiger partial charge in [0.25, 0.3) is 5.91 Å². The molecule has 27 heavy (non-hydrogen) atoms. The summed E-state index contributed by atoms with van der Waals surface area (Å²) in [6.07, 6.45) is 3.31. The number of carbonyl (C=O) groups excluding carboxylic acids is 2. The lowest BCUT2D eigenvalue weighted by atomic mass is 10.2. The number of hydrazine groups is 1. The Balaban J connectivity index is 1.57. The molecule has 0 aliphatic carbocycles. The quantitative estimate of drug-likeness (QED) is 0.275. The van der Waals surface area contributed by atoms with Gasteiger partial charge in [0.2, 0.25) is 0 Å². The first kappa shape index (κ1) is 16.3. The third kappa shape index (κ3) is 3.33. The Morgan fingerprint density at radius 3 is 2.26 bits per heavy atom. The second kappa shape index (κ2) is 7.00. The summed E-state index contributed by atoms with van der Waals surface area (Å²) in [6, 6.07) is 14.1. The molecule has 0 saturated carbocycles. The number of rotatable bonds is 5. The van der Waals surface area contributed by atoms with Crippen LogP contribution in [-0.2, 0) is 0 Å². The molecule has 1 aromatic carbocycles. The van der Waals surface area contributed by atoms with Crippen LogP contribution in [0.3, 0.4) is 0 Å². The summed E-state index contributed by atoms with van der Waals surface area (Å²) in [6.45, 7) is 0. The Hall–Kier alpha value is -4.14. The SMILES string of the molecule is O=C(N=Nc1[nH]c(NNC(=O)c2ccc[nH]2)c2ccccc12)c1ccc[nH]1. The number of amides is 2. The van der Waals surface area contributed by atoms with Crippen molar-refractivity contribution >= 4 is 34.2 Å². The van der Waals surface area contributed by atoms with Gasteiger partial charge in [-0.25, -0.2) is 0 Å². The highest BCUT2D eigenvalue weighted by atomic mass is 16.2. The smallest absolute Gasteiger partial charge is 0.311 e. The predicted molar refractivity (Wildman–Crippen MR) is 99.8 cm³/mol. The van der Waals surface area contributed by atoms with E-state index in [1.165, 1.54) is 0 Å². The molecular formula is C18H15N7O2. The lowest BCUT2D eigenvalue weighted by Crippen LogP contribution is -2.29. The van der Waals surface area contributed by atoms with E-state index in [2.05, 4.69) is 36.0 Å². The molecule has 9 nitrogen and oxygen atoms in total. The zero-order valence-electron chi connectivity index (χ0n) is 14.0. The lowest BCUT2D eigenvalue weighted by Gasteiger charge is -2.06. The van der Waals surface area contributed by atoms with Gasteiger partial charge in [-0.1, -0.05) is 24.3 Å². The largest absolute Gasteiger partial charge is 0.357 e. The third-order valence-corrected chi connectivity index (χ3v) is 3.91. The molecular weight excluding hydrogens is 346 g/mol. The number of H-pyrrole nitrogens is 3. The molecule has 3 heterocycles. The van der Waals surface area contributed by atoms with Crippen LogP contribution in [0.1, 0.15) is 21.0 Å². The number of anilines is 1. The number of aromatic amines is 3. The predicted octanol–water partition coefficient (Wildman–Crippen LogP) is 3.51. The molecule has 0 aliphatic heterocycles. The second-order valence-corrected chi connectivity index (χ2v) is 5.65. The van der Waals surface area contributed by atoms with Crippen LogP contribution < -0.4 is 10.9 Å². The molecule has 3 aromatic heterocycles. The zero-order chi connectivity index (χ0) is 18.6. The van der Waals surface area contributed by atoms with E-state index in [1.807, 2.05) is 24.3 Å². The van der Waals surface area contributed by atoms with E-state index in [9.17, 15) is 9.59 Å². The van der Waals surface area contributed by atoms with Crippen molar-refractivity contribution < 1.29 is 9.59 Å². The molecule has 0 saturated heterocycles. The average Bonchev–Trinajstić information content (AvgIpc) is 3.45. The van der Waals surface area contributed by atoms with Gasteiger partial charge in [-0.2, -0.15) is 0 Å². The standard InChI is InChI=1S/C18H15N7O2/c26-17(13-7-3-9-19-13)24-22-15-11-5-1-2-6-12(11)16(21-15)23-25-18(27)14-8-4-10-20-14/h1-10,19-22H,(H,24,26). The molecule has 0 radical (unpaired) electrons. The number of hydrogen-bond acceptors (Lipinski definition) is 4. The van der Waals surface area contributed by atoms with E-state index in [1.54, 1.807) is 36.7 Å². The summed E-state index contributed by atoms with van der Waals surface area (Å²) in [4.78, 5) is 32.7. The molecule has 4 rings (SSSR count). The summed E-state index contributed by atoms with van der Waals surface area (Å²) in [5, 5.41) is 9.33. The molecule has 2 amide bonds. The minimum Gasteiger partial charge on any atom is -0.357 e. The number of hydrogen-bond donors (Lipinski definition) is 5. The van der Waals surface area contributed by atoms with Gasteiger partial charge < -0.3 is 15.0 Å². The maximum absolute atomic E-state index is 12.1. The summed E-state index contributed by atoms with van der Waals surface area (Å²) in [7, 11) is 0. The van der Waals surface area contributed by atoms with Crippen molar-refractivity contribution in [3.63, 3.8) is 0 Å². The van der Waals surface area contributed by atoms with Crippen LogP contribution in [-0.4, -0.2) is 26.8 Å². The molecule has 0 atom stereocenters. The number of azo groups is 1. The van der Waals surface area contributed by atoms with E-state index < -0.39 is 5.91 Å². The van der Waals surface area contributed by atoms with E-state index in [4.69, 9.17) is 0 Å². The Morgan fingerprint density at radius 2 is 1.56 bits per heavy atom. The molecule has 0 fully saturated rings. The summed E-state index contributed by atoms with van der Waals surface area (Å²) in [5.41, 5.74) is 6.22. The highest BCUT2D eigenvalue weighted by Gasteiger charge is 2.12. The second-order valence-electron chi connectivity index (χ2n) is 5.65. The van der Waals surface area contributed by atoms with Crippen molar-refractivity contribution in [3.05, 3.63) is 72.3 Å². The van der Waals surface area contributed by atoms with Crippen molar-refractivity contribution in [3.8, 4) is 0 Å². The Morgan fingerprint density at radius 1 is 0.852 bits per heavy atom. The highest BCUT2D eigenvalue weighted by molar-refractivity contribution is 6.02. The number of aromatic nitrogens is 3. The van der Waals surface area contributed by atoms with Crippen LogP contribution in [0.4, 0.5) is 11.6 Å². The van der Waals surface area contributed by atoms with Crippen molar-refractivity contribution in [2.24, 2.45) is 10.2 Å². The fourth-order valence-electron chi connectivity index (χ4n) is 2.61. The van der Waals surface area contributed by atoms with E-state index in [0.29, 0.717) is 23.0 Å². The zero-order valence-corrected chi connectivity index (χ0v) is 14.0. The first-order chi connectivity index (χ1) is 13.2. The van der Waals surface area contributed by atoms with E-state index in [-0.39, 0.29) is 5.91 Å². The molecule has 0 aliphatic rings. The van der Waals surface area contributed by atoms with Gasteiger partial charge in [0.1, 0.15) is 17.2 Å². The number of carbonyl (C=O) groups is 2. The number of nitrogens with zero attached hydrogens (tertiary/aromatic N) is 2. The van der Waals surface area contributed by atoms with Gasteiger partial charge in [0, 0.05) is 23.2 Å². The Kier molecular flexibility index (Phi) is 4.24. The fraction of sp³-hybridized carbons (Fsp3) is 0. The van der Waals surface area contributed by atoms with Crippen molar-refractivity contribution in [1.29, 1.82) is 0 Å². The summed E-state index contributed by atoms with van der Waals surface area (Å²) in [5.74, 6) is 0.144. The molecule has 5 N–H and O–H groups in total. The van der Waals surface area contributed by atoms with Crippen molar-refractivity contribution in [2.75, 3.05) is 5.43 Å². The average molecular weight is 361 g/mol. The van der Waals surface area contributed by atoms with Crippen LogP contribution >= 0.6 is 0 Å². The van der Waals surface area contributed by atoms with E-state index in [0.717, 1.165) is 10.8 Å². The van der Waals surface area contributed by atoms with Crippen LogP contribution in [0.15, 0.2) is 71.2 Å². The molecule has 134 valence electrons. The van der Waals surface area contributed by atoms with Crippen molar-refractivity contribution in [2.45, 2.75) is 0 Å².